The minimum absolute atomic E-state index is 0.00845. The number of hydrogen-bond acceptors (Lipinski definition) is 38. The fourth-order valence-corrected chi connectivity index (χ4v) is 14.6. The smallest absolute Gasteiger partial charge is 0.334 e. The summed E-state index contributed by atoms with van der Waals surface area (Å²) in [4.78, 5) is 13.6. The maximum absolute atomic E-state index is 13.6. The Kier molecular flexibility index (Phi) is 40.7. The van der Waals surface area contributed by atoms with E-state index in [4.69, 9.17) is 71.1 Å². The van der Waals surface area contributed by atoms with E-state index in [1.807, 2.05) is 51.2 Å². The topological polar surface area (TPSA) is 601 Å². The van der Waals surface area contributed by atoms with Crippen molar-refractivity contribution < 1.29 is 188 Å². The summed E-state index contributed by atoms with van der Waals surface area (Å²) in [6, 6.07) is 0. The Balaban J connectivity index is 0.822. The Morgan fingerprint density at radius 2 is 0.765 bits per heavy atom. The molecule has 0 aromatic heterocycles. The molecule has 0 saturated carbocycles. The maximum Gasteiger partial charge on any atom is 0.334 e. The first-order chi connectivity index (χ1) is 56.2. The predicted molar refractivity (Wildman–Crippen MR) is 413 cm³/mol. The van der Waals surface area contributed by atoms with Crippen LogP contribution in [-0.2, 0) is 75.8 Å². The molecule has 7 rings (SSSR count). The van der Waals surface area contributed by atoms with E-state index in [1.165, 1.54) is 39.0 Å². The van der Waals surface area contributed by atoms with Crippen LogP contribution in [0.1, 0.15) is 133 Å². The van der Waals surface area contributed by atoms with Gasteiger partial charge < -0.3 is 183 Å². The van der Waals surface area contributed by atoms with Crippen molar-refractivity contribution in [3.63, 3.8) is 0 Å². The molecule has 0 spiro atoms. The molecule has 0 aliphatic carbocycles. The lowest BCUT2D eigenvalue weighted by Crippen LogP contribution is -2.65. The molecule has 0 bridgehead atoms. The van der Waals surface area contributed by atoms with E-state index in [-0.39, 0.29) is 18.6 Å². The summed E-state index contributed by atoms with van der Waals surface area (Å²) in [7, 11) is 0. The van der Waals surface area contributed by atoms with Gasteiger partial charge in [-0.05, 0) is 139 Å². The second kappa shape index (κ2) is 47.5. The van der Waals surface area contributed by atoms with Crippen molar-refractivity contribution in [2.75, 3.05) is 39.6 Å². The molecule has 38 nitrogen and oxygen atoms in total. The second-order valence-corrected chi connectivity index (χ2v) is 32.3. The SMILES string of the molecule is C=C[C@](C)(CC/C=C/CC/C=C(\C)CC/C=C(/C)COC1OC(C)C(OC2OC(COC3OC(C)C(O)C(O)C3OC(=O)/C(C)=C/C(O)C/C(C)=C/CC/C(C)=C/CC[C@@](C)(C=C)OC3OC(CO)C(O)C(O)C3OC3OC(CO)C(O)C(O)C3O)C(O)C(O)C2O)C(O)C1O)OC1OC(CO)C(O)C(O)C1OC1OC(CO)C(O)C(O)C1O. The van der Waals surface area contributed by atoms with Crippen molar-refractivity contribution >= 4 is 5.97 Å². The summed E-state index contributed by atoms with van der Waals surface area (Å²) >= 11 is 0. The lowest BCUT2D eigenvalue weighted by molar-refractivity contribution is -0.375. The van der Waals surface area contributed by atoms with Gasteiger partial charge in [-0.15, -0.1) is 13.2 Å². The number of ether oxygens (including phenoxy) is 15. The van der Waals surface area contributed by atoms with Crippen molar-refractivity contribution in [1.82, 2.24) is 0 Å². The van der Waals surface area contributed by atoms with Crippen molar-refractivity contribution in [2.45, 2.75) is 365 Å². The molecule has 38 heteroatoms. The highest BCUT2D eigenvalue weighted by Crippen LogP contribution is 2.38. The van der Waals surface area contributed by atoms with Gasteiger partial charge in [0.1, 0.15) is 153 Å². The Morgan fingerprint density at radius 3 is 1.24 bits per heavy atom. The van der Waals surface area contributed by atoms with E-state index in [2.05, 4.69) is 19.2 Å². The summed E-state index contributed by atoms with van der Waals surface area (Å²) in [6.45, 7) is 19.4. The lowest BCUT2D eigenvalue weighted by Gasteiger charge is -2.47. The molecule has 0 aromatic carbocycles. The third-order valence-electron chi connectivity index (χ3n) is 22.5. The molecule has 7 fully saturated rings. The standard InChI is InChI=1S/C81H132O38/c1-12-80(10,118-78-70(61(97)54(90)48(34-84)111-78)116-74-64(100)57(93)52(88)46(32-82)109-74)28-18-16-14-15-17-22-38(3)24-20-26-41(6)36-105-73-67(103)63(99)68(44(9)108-73)115-76-66(102)59(95)56(92)50(113-76)37-106-77-69(60(96)51(87)43(8)107-77)114-72(104)42(7)31-45(86)30-40(5)25-19-23-39(4)27-21-29-81(11,13-2)119-79-71(62(98)55(91)49(35-85)112-79)117-75-65(101)58(94)53(89)47(33-83)110-75/h12-14,16,22,25-27,31,43-71,73-79,82-103H,1-2,15,17-21,23-24,28-30,32-37H2,3-11H3/b16-14+,38-22+,39-27+,40-25+,41-26-,42-31+/t43?,44?,45?,46?,47?,48?,49?,50?,51?,52?,53?,54?,55?,56?,57?,58?,59?,60?,61?,62?,63?,64?,65?,66?,67?,68?,69?,70?,71?,73?,74?,75?,76?,77?,78?,79?,80-,81-/m1/s1. The van der Waals surface area contributed by atoms with Crippen LogP contribution < -0.4 is 0 Å². The number of hydrogen-bond donors (Lipinski definition) is 22. The number of esters is 1. The molecule has 22 N–H and O–H groups in total. The van der Waals surface area contributed by atoms with Crippen molar-refractivity contribution in [2.24, 2.45) is 0 Å². The van der Waals surface area contributed by atoms with Gasteiger partial charge >= 0.3 is 5.97 Å². The highest BCUT2D eigenvalue weighted by atomic mass is 16.8. The van der Waals surface area contributed by atoms with Crippen LogP contribution in [0, 0.1) is 0 Å². The van der Waals surface area contributed by atoms with Crippen LogP contribution in [0.3, 0.4) is 0 Å². The van der Waals surface area contributed by atoms with Gasteiger partial charge in [-0.2, -0.15) is 0 Å². The predicted octanol–water partition coefficient (Wildman–Crippen LogP) is -3.83. The molecule has 0 amide bonds. The molecule has 7 aliphatic rings. The van der Waals surface area contributed by atoms with Gasteiger partial charge in [0, 0.05) is 5.57 Å². The average Bonchev–Trinajstić information content (AvgIpc) is 0.788. The molecular weight excluding hydrogens is 1580 g/mol. The lowest BCUT2D eigenvalue weighted by atomic mass is 9.95. The van der Waals surface area contributed by atoms with Crippen LogP contribution in [0.5, 0.6) is 0 Å². The Bertz CT molecular complexity index is 3280. The van der Waals surface area contributed by atoms with Crippen LogP contribution in [0.2, 0.25) is 0 Å². The molecule has 119 heavy (non-hydrogen) atoms. The second-order valence-electron chi connectivity index (χ2n) is 32.3. The molecular formula is C81H132O38. The van der Waals surface area contributed by atoms with Gasteiger partial charge in [0.25, 0.3) is 0 Å². The summed E-state index contributed by atoms with van der Waals surface area (Å²) in [5.41, 5.74) is 1.27. The summed E-state index contributed by atoms with van der Waals surface area (Å²) in [5, 5.41) is 234. The van der Waals surface area contributed by atoms with Crippen LogP contribution in [-0.4, -0.2) is 390 Å². The normalized spacial score (nSPS) is 41.3. The van der Waals surface area contributed by atoms with Gasteiger partial charge in [-0.25, -0.2) is 4.79 Å². The highest BCUT2D eigenvalue weighted by molar-refractivity contribution is 5.88. The maximum atomic E-state index is 13.6. The zero-order valence-corrected chi connectivity index (χ0v) is 68.8. The van der Waals surface area contributed by atoms with E-state index >= 15 is 0 Å². The third kappa shape index (κ3) is 27.5. The quantitative estimate of drug-likeness (QED) is 0.0120. The third-order valence-corrected chi connectivity index (χ3v) is 22.5. The molecule has 7 saturated heterocycles. The largest absolute Gasteiger partial charge is 0.451 e. The highest BCUT2D eigenvalue weighted by Gasteiger charge is 2.56. The van der Waals surface area contributed by atoms with Gasteiger partial charge in [0.05, 0.1) is 69.2 Å². The summed E-state index contributed by atoms with van der Waals surface area (Å²) < 4.78 is 87.7. The van der Waals surface area contributed by atoms with Crippen molar-refractivity contribution in [3.05, 3.63) is 95.7 Å². The fraction of sp³-hybridized carbons (Fsp3) is 0.790. The van der Waals surface area contributed by atoms with E-state index in [9.17, 15) is 117 Å². The minimum Gasteiger partial charge on any atom is -0.451 e. The molecule has 36 unspecified atom stereocenters. The molecule has 38 atom stereocenters. The Morgan fingerprint density at radius 1 is 0.387 bits per heavy atom. The van der Waals surface area contributed by atoms with Crippen molar-refractivity contribution in [1.29, 1.82) is 0 Å². The summed E-state index contributed by atoms with van der Waals surface area (Å²) in [6.07, 6.45) is -35.7. The van der Waals surface area contributed by atoms with E-state index in [0.29, 0.717) is 57.8 Å². The fourth-order valence-electron chi connectivity index (χ4n) is 14.6. The van der Waals surface area contributed by atoms with E-state index in [1.54, 1.807) is 20.8 Å². The number of allylic oxidation sites excluding steroid dienone is 8. The minimum atomic E-state index is -1.94. The first-order valence-electron chi connectivity index (χ1n) is 40.5. The van der Waals surface area contributed by atoms with Crippen LogP contribution in [0.4, 0.5) is 0 Å². The Labute approximate surface area is 692 Å². The molecule has 0 aromatic rings. The van der Waals surface area contributed by atoms with Crippen LogP contribution >= 0.6 is 0 Å². The van der Waals surface area contributed by atoms with E-state index in [0.717, 1.165) is 28.7 Å². The molecule has 684 valence electrons. The van der Waals surface area contributed by atoms with Crippen LogP contribution in [0.25, 0.3) is 0 Å². The molecule has 7 aliphatic heterocycles. The van der Waals surface area contributed by atoms with Crippen molar-refractivity contribution in [3.8, 4) is 0 Å². The molecule has 7 heterocycles. The number of unbranched alkanes of at least 4 members (excludes halogenated alkanes) is 1. The van der Waals surface area contributed by atoms with Gasteiger partial charge in [-0.1, -0.05) is 70.9 Å². The first-order valence-corrected chi connectivity index (χ1v) is 40.5. The van der Waals surface area contributed by atoms with Gasteiger partial charge in [0.2, 0.25) is 0 Å². The van der Waals surface area contributed by atoms with Crippen LogP contribution in [0.15, 0.2) is 95.7 Å². The zero-order valence-electron chi connectivity index (χ0n) is 68.8. The number of rotatable bonds is 42. The number of carbonyl (C=O) groups is 1. The van der Waals surface area contributed by atoms with Gasteiger partial charge in [-0.3, -0.25) is 0 Å². The number of aliphatic hydroxyl groups is 22. The zero-order chi connectivity index (χ0) is 88.2. The monoisotopic (exact) mass is 1710 g/mol. The van der Waals surface area contributed by atoms with E-state index < -0.39 is 271 Å². The Hall–Kier alpha value is -4.05. The molecule has 0 radical (unpaired) electrons. The number of carbonyl (C=O) groups excluding carboxylic acids is 1. The summed E-state index contributed by atoms with van der Waals surface area (Å²) in [5.74, 6) is -1.03. The number of aliphatic hydroxyl groups excluding tert-OH is 22. The average molecular weight is 1710 g/mol. The van der Waals surface area contributed by atoms with Gasteiger partial charge in [0.15, 0.2) is 50.1 Å². The first kappa shape index (κ1) is 102.